The van der Waals surface area contributed by atoms with E-state index in [0.717, 1.165) is 17.7 Å². The highest BCUT2D eigenvalue weighted by Gasteiger charge is 2.06. The molecule has 0 atom stereocenters. The third-order valence-corrected chi connectivity index (χ3v) is 3.23. The lowest BCUT2D eigenvalue weighted by atomic mass is 9.99. The molecule has 0 spiro atoms. The molecule has 0 bridgehead atoms. The Morgan fingerprint density at radius 3 is 2.33 bits per heavy atom. The van der Waals surface area contributed by atoms with Gasteiger partial charge in [0.05, 0.1) is 11.9 Å². The van der Waals surface area contributed by atoms with E-state index in [4.69, 9.17) is 0 Å². The van der Waals surface area contributed by atoms with Gasteiger partial charge < -0.3 is 0 Å². The Balaban J connectivity index is 2.32. The van der Waals surface area contributed by atoms with Crippen molar-refractivity contribution in [1.82, 2.24) is 10.2 Å². The zero-order valence-corrected chi connectivity index (χ0v) is 11.6. The van der Waals surface area contributed by atoms with Gasteiger partial charge in [0.15, 0.2) is 0 Å². The molecule has 0 unspecified atom stereocenters. The van der Waals surface area contributed by atoms with E-state index >= 15 is 0 Å². The highest BCUT2D eigenvalue weighted by atomic mass is 15.1. The second-order valence-electron chi connectivity index (χ2n) is 5.30. The molecule has 1 aromatic carbocycles. The first kappa shape index (κ1) is 12.7. The number of rotatable bonds is 3. The summed E-state index contributed by atoms with van der Waals surface area (Å²) in [5.74, 6) is 0.691. The smallest absolute Gasteiger partial charge is 0.0961 e. The van der Waals surface area contributed by atoms with Gasteiger partial charge in [-0.2, -0.15) is 10.2 Å². The van der Waals surface area contributed by atoms with E-state index in [-0.39, 0.29) is 0 Å². The summed E-state index contributed by atoms with van der Waals surface area (Å²) >= 11 is 0. The quantitative estimate of drug-likeness (QED) is 0.811. The van der Waals surface area contributed by atoms with Crippen molar-refractivity contribution < 1.29 is 0 Å². The van der Waals surface area contributed by atoms with Crippen molar-refractivity contribution in [3.05, 3.63) is 47.2 Å². The first-order chi connectivity index (χ1) is 8.58. The van der Waals surface area contributed by atoms with E-state index in [9.17, 15) is 0 Å². The highest BCUT2D eigenvalue weighted by molar-refractivity contribution is 5.63. The molecule has 2 heteroatoms. The maximum Gasteiger partial charge on any atom is 0.0961 e. The van der Waals surface area contributed by atoms with E-state index in [0.29, 0.717) is 5.92 Å². The fourth-order valence-electron chi connectivity index (χ4n) is 2.08. The lowest BCUT2D eigenvalue weighted by Gasteiger charge is -2.08. The Labute approximate surface area is 109 Å². The zero-order chi connectivity index (χ0) is 13.1. The summed E-state index contributed by atoms with van der Waals surface area (Å²) in [7, 11) is 0. The number of aryl methyl sites for hydroxylation is 1. The normalized spacial score (nSPS) is 10.9. The van der Waals surface area contributed by atoms with Gasteiger partial charge in [0.2, 0.25) is 0 Å². The molecule has 1 heterocycles. The molecule has 18 heavy (non-hydrogen) atoms. The molecule has 0 aliphatic rings. The summed E-state index contributed by atoms with van der Waals surface area (Å²) < 4.78 is 0. The minimum absolute atomic E-state index is 0.691. The number of hydrogen-bond donors (Lipinski definition) is 0. The molecule has 0 N–H and O–H groups in total. The molecule has 0 saturated heterocycles. The van der Waals surface area contributed by atoms with E-state index in [2.05, 4.69) is 62.2 Å². The molecule has 0 fully saturated rings. The van der Waals surface area contributed by atoms with Crippen molar-refractivity contribution in [2.45, 2.75) is 34.1 Å². The van der Waals surface area contributed by atoms with Crippen LogP contribution in [-0.2, 0) is 6.42 Å². The summed E-state index contributed by atoms with van der Waals surface area (Å²) in [6, 6.07) is 8.68. The van der Waals surface area contributed by atoms with Crippen LogP contribution in [0, 0.1) is 19.8 Å². The molecule has 2 aromatic rings. The second-order valence-corrected chi connectivity index (χ2v) is 5.30. The summed E-state index contributed by atoms with van der Waals surface area (Å²) in [5.41, 5.74) is 5.92. The van der Waals surface area contributed by atoms with Gasteiger partial charge in [-0.1, -0.05) is 38.1 Å². The molecule has 94 valence electrons. The van der Waals surface area contributed by atoms with Crippen LogP contribution in [0.25, 0.3) is 11.3 Å². The molecule has 0 radical (unpaired) electrons. The molecule has 0 amide bonds. The van der Waals surface area contributed by atoms with Crippen LogP contribution >= 0.6 is 0 Å². The van der Waals surface area contributed by atoms with Gasteiger partial charge in [-0.25, -0.2) is 0 Å². The molecular weight excluding hydrogens is 220 g/mol. The molecule has 2 rings (SSSR count). The van der Waals surface area contributed by atoms with Crippen LogP contribution in [0.4, 0.5) is 0 Å². The first-order valence-electron chi connectivity index (χ1n) is 6.46. The lowest BCUT2D eigenvalue weighted by molar-refractivity contribution is 0.647. The van der Waals surface area contributed by atoms with E-state index < -0.39 is 0 Å². The molecule has 0 aliphatic carbocycles. The van der Waals surface area contributed by atoms with Gasteiger partial charge in [-0.05, 0) is 42.9 Å². The lowest BCUT2D eigenvalue weighted by Crippen LogP contribution is -1.96. The SMILES string of the molecule is Cc1cnnc(-c2ccc(CC(C)C)cc2)c1C. The van der Waals surface area contributed by atoms with Gasteiger partial charge in [0.25, 0.3) is 0 Å². The van der Waals surface area contributed by atoms with Crippen molar-refractivity contribution in [2.75, 3.05) is 0 Å². The summed E-state index contributed by atoms with van der Waals surface area (Å²) in [5, 5.41) is 8.29. The van der Waals surface area contributed by atoms with Crippen LogP contribution in [0.15, 0.2) is 30.5 Å². The van der Waals surface area contributed by atoms with E-state index in [1.54, 1.807) is 0 Å². The number of aromatic nitrogens is 2. The minimum atomic E-state index is 0.691. The minimum Gasteiger partial charge on any atom is -0.158 e. The Morgan fingerprint density at radius 1 is 1.06 bits per heavy atom. The van der Waals surface area contributed by atoms with Crippen molar-refractivity contribution in [1.29, 1.82) is 0 Å². The fraction of sp³-hybridized carbons (Fsp3) is 0.375. The summed E-state index contributed by atoms with van der Waals surface area (Å²) in [4.78, 5) is 0. The third-order valence-electron chi connectivity index (χ3n) is 3.23. The van der Waals surface area contributed by atoms with Gasteiger partial charge >= 0.3 is 0 Å². The topological polar surface area (TPSA) is 25.8 Å². The predicted octanol–water partition coefficient (Wildman–Crippen LogP) is 3.96. The Bertz CT molecular complexity index is 527. The van der Waals surface area contributed by atoms with Crippen LogP contribution in [0.3, 0.4) is 0 Å². The fourth-order valence-corrected chi connectivity index (χ4v) is 2.08. The van der Waals surface area contributed by atoms with Crippen LogP contribution in [0.5, 0.6) is 0 Å². The van der Waals surface area contributed by atoms with Crippen molar-refractivity contribution in [3.8, 4) is 11.3 Å². The third kappa shape index (κ3) is 2.76. The standard InChI is InChI=1S/C16H20N2/c1-11(2)9-14-5-7-15(8-6-14)16-13(4)12(3)10-17-18-16/h5-8,10-11H,9H2,1-4H3. The highest BCUT2D eigenvalue weighted by Crippen LogP contribution is 2.23. The molecule has 0 saturated carbocycles. The maximum atomic E-state index is 4.25. The average Bonchev–Trinajstić information content (AvgIpc) is 2.33. The number of hydrogen-bond acceptors (Lipinski definition) is 2. The maximum absolute atomic E-state index is 4.25. The Kier molecular flexibility index (Phi) is 3.75. The first-order valence-corrected chi connectivity index (χ1v) is 6.46. The van der Waals surface area contributed by atoms with E-state index in [1.165, 1.54) is 16.7 Å². The van der Waals surface area contributed by atoms with Crippen molar-refractivity contribution >= 4 is 0 Å². The monoisotopic (exact) mass is 240 g/mol. The van der Waals surface area contributed by atoms with Gasteiger partial charge in [-0.15, -0.1) is 0 Å². The molecule has 0 aliphatic heterocycles. The van der Waals surface area contributed by atoms with Crippen LogP contribution in [-0.4, -0.2) is 10.2 Å². The largest absolute Gasteiger partial charge is 0.158 e. The van der Waals surface area contributed by atoms with Crippen LogP contribution < -0.4 is 0 Å². The molecular formula is C16H20N2. The molecule has 2 nitrogen and oxygen atoms in total. The van der Waals surface area contributed by atoms with Crippen molar-refractivity contribution in [2.24, 2.45) is 5.92 Å². The zero-order valence-electron chi connectivity index (χ0n) is 11.6. The van der Waals surface area contributed by atoms with Gasteiger partial charge in [-0.3, -0.25) is 0 Å². The summed E-state index contributed by atoms with van der Waals surface area (Å²) in [6.07, 6.45) is 2.94. The van der Waals surface area contributed by atoms with Gasteiger partial charge in [0.1, 0.15) is 0 Å². The predicted molar refractivity (Wildman–Crippen MR) is 75.5 cm³/mol. The number of nitrogens with zero attached hydrogens (tertiary/aromatic N) is 2. The van der Waals surface area contributed by atoms with Crippen LogP contribution in [0.2, 0.25) is 0 Å². The average molecular weight is 240 g/mol. The Morgan fingerprint density at radius 2 is 1.72 bits per heavy atom. The van der Waals surface area contributed by atoms with Crippen LogP contribution in [0.1, 0.15) is 30.5 Å². The Hall–Kier alpha value is -1.70. The second kappa shape index (κ2) is 5.30. The number of benzene rings is 1. The van der Waals surface area contributed by atoms with Crippen molar-refractivity contribution in [3.63, 3.8) is 0 Å². The van der Waals surface area contributed by atoms with Gasteiger partial charge in [0, 0.05) is 5.56 Å². The molecule has 1 aromatic heterocycles. The summed E-state index contributed by atoms with van der Waals surface area (Å²) in [6.45, 7) is 8.65. The van der Waals surface area contributed by atoms with E-state index in [1.807, 2.05) is 6.20 Å².